The molecule has 1 fully saturated rings. The first-order chi connectivity index (χ1) is 10.2. The largest absolute Gasteiger partial charge is 0.462 e. The minimum atomic E-state index is -0.214. The van der Waals surface area contributed by atoms with Gasteiger partial charge in [-0.3, -0.25) is 0 Å². The third kappa shape index (κ3) is 4.85. The topological polar surface area (TPSA) is 29.5 Å². The van der Waals surface area contributed by atoms with Gasteiger partial charge in [0, 0.05) is 19.1 Å². The fraction of sp³-hybridized carbons (Fsp3) is 0.611. The summed E-state index contributed by atoms with van der Waals surface area (Å²) >= 11 is 0. The summed E-state index contributed by atoms with van der Waals surface area (Å²) in [6.45, 7) is 7.32. The van der Waals surface area contributed by atoms with E-state index < -0.39 is 0 Å². The van der Waals surface area contributed by atoms with Gasteiger partial charge in [-0.25, -0.2) is 4.79 Å². The third-order valence-electron chi connectivity index (χ3n) is 4.52. The van der Waals surface area contributed by atoms with Gasteiger partial charge in [0.25, 0.3) is 0 Å². The second kappa shape index (κ2) is 8.18. The van der Waals surface area contributed by atoms with Crippen LogP contribution in [-0.2, 0) is 4.74 Å². The van der Waals surface area contributed by atoms with Crippen molar-refractivity contribution in [1.82, 2.24) is 4.90 Å². The van der Waals surface area contributed by atoms with Gasteiger partial charge in [-0.2, -0.15) is 0 Å². The SMILES string of the molecule is CCC1CCC(C)N(CCCOC(=O)c2ccccc2)C1. The molecule has 0 spiro atoms. The number of ether oxygens (including phenoxy) is 1. The molecule has 0 aromatic heterocycles. The molecule has 116 valence electrons. The van der Waals surface area contributed by atoms with Crippen LogP contribution in [-0.4, -0.2) is 36.6 Å². The number of benzene rings is 1. The van der Waals surface area contributed by atoms with E-state index >= 15 is 0 Å². The Morgan fingerprint density at radius 2 is 2.05 bits per heavy atom. The zero-order valence-electron chi connectivity index (χ0n) is 13.3. The number of hydrogen-bond donors (Lipinski definition) is 0. The van der Waals surface area contributed by atoms with Crippen molar-refractivity contribution in [2.45, 2.75) is 45.6 Å². The maximum atomic E-state index is 11.8. The van der Waals surface area contributed by atoms with E-state index in [2.05, 4.69) is 18.7 Å². The second-order valence-electron chi connectivity index (χ2n) is 6.05. The molecule has 21 heavy (non-hydrogen) atoms. The van der Waals surface area contributed by atoms with Crippen LogP contribution >= 0.6 is 0 Å². The Balaban J connectivity index is 1.68. The molecule has 1 aromatic carbocycles. The molecule has 1 aliphatic rings. The number of esters is 1. The number of rotatable bonds is 6. The number of piperidine rings is 1. The first kappa shape index (κ1) is 16.0. The molecule has 1 heterocycles. The fourth-order valence-electron chi connectivity index (χ4n) is 3.00. The Kier molecular flexibility index (Phi) is 6.24. The average Bonchev–Trinajstić information content (AvgIpc) is 2.53. The van der Waals surface area contributed by atoms with Gasteiger partial charge >= 0.3 is 5.97 Å². The third-order valence-corrected chi connectivity index (χ3v) is 4.52. The Morgan fingerprint density at radius 1 is 1.29 bits per heavy atom. The van der Waals surface area contributed by atoms with Gasteiger partial charge in [0.05, 0.1) is 12.2 Å². The van der Waals surface area contributed by atoms with Gasteiger partial charge in [0.15, 0.2) is 0 Å². The van der Waals surface area contributed by atoms with Gasteiger partial charge in [0.2, 0.25) is 0 Å². The van der Waals surface area contributed by atoms with E-state index in [1.54, 1.807) is 12.1 Å². The molecule has 3 heteroatoms. The average molecular weight is 289 g/mol. The van der Waals surface area contributed by atoms with E-state index in [0.29, 0.717) is 18.2 Å². The van der Waals surface area contributed by atoms with E-state index in [-0.39, 0.29) is 5.97 Å². The standard InChI is InChI=1S/C18H27NO2/c1-3-16-11-10-15(2)19(14-16)12-7-13-21-18(20)17-8-5-4-6-9-17/h4-6,8-9,15-16H,3,7,10-14H2,1-2H3. The highest BCUT2D eigenvalue weighted by Gasteiger charge is 2.23. The fourth-order valence-corrected chi connectivity index (χ4v) is 3.00. The maximum absolute atomic E-state index is 11.8. The summed E-state index contributed by atoms with van der Waals surface area (Å²) < 4.78 is 5.34. The minimum absolute atomic E-state index is 0.214. The van der Waals surface area contributed by atoms with Gasteiger partial charge in [-0.1, -0.05) is 31.5 Å². The molecular weight excluding hydrogens is 262 g/mol. The van der Waals surface area contributed by atoms with Crippen LogP contribution in [0, 0.1) is 5.92 Å². The first-order valence-electron chi connectivity index (χ1n) is 8.17. The molecule has 2 rings (SSSR count). The van der Waals surface area contributed by atoms with Crippen LogP contribution in [0.15, 0.2) is 30.3 Å². The lowest BCUT2D eigenvalue weighted by atomic mass is 9.91. The van der Waals surface area contributed by atoms with Crippen LogP contribution in [0.5, 0.6) is 0 Å². The highest BCUT2D eigenvalue weighted by molar-refractivity contribution is 5.89. The Bertz CT molecular complexity index is 432. The smallest absolute Gasteiger partial charge is 0.338 e. The number of likely N-dealkylation sites (tertiary alicyclic amines) is 1. The molecule has 3 nitrogen and oxygen atoms in total. The predicted octanol–water partition coefficient (Wildman–Crippen LogP) is 3.74. The van der Waals surface area contributed by atoms with Gasteiger partial charge in [-0.05, 0) is 44.2 Å². The van der Waals surface area contributed by atoms with E-state index in [1.807, 2.05) is 18.2 Å². The molecule has 1 saturated heterocycles. The van der Waals surface area contributed by atoms with Crippen LogP contribution in [0.4, 0.5) is 0 Å². The van der Waals surface area contributed by atoms with Gasteiger partial charge in [-0.15, -0.1) is 0 Å². The molecule has 2 atom stereocenters. The first-order valence-corrected chi connectivity index (χ1v) is 8.17. The molecule has 1 aliphatic heterocycles. The zero-order valence-corrected chi connectivity index (χ0v) is 13.3. The molecule has 0 radical (unpaired) electrons. The van der Waals surface area contributed by atoms with Crippen LogP contribution in [0.1, 0.15) is 49.9 Å². The summed E-state index contributed by atoms with van der Waals surface area (Å²) in [6, 6.07) is 9.87. The zero-order chi connectivity index (χ0) is 15.1. The van der Waals surface area contributed by atoms with Crippen molar-refractivity contribution in [2.75, 3.05) is 19.7 Å². The summed E-state index contributed by atoms with van der Waals surface area (Å²) in [5, 5.41) is 0. The Morgan fingerprint density at radius 3 is 2.76 bits per heavy atom. The van der Waals surface area contributed by atoms with Crippen molar-refractivity contribution in [1.29, 1.82) is 0 Å². The van der Waals surface area contributed by atoms with Crippen LogP contribution < -0.4 is 0 Å². The molecule has 0 N–H and O–H groups in total. The van der Waals surface area contributed by atoms with Crippen LogP contribution in [0.2, 0.25) is 0 Å². The number of hydrogen-bond acceptors (Lipinski definition) is 3. The molecular formula is C18H27NO2. The molecule has 0 bridgehead atoms. The van der Waals surface area contributed by atoms with E-state index in [4.69, 9.17) is 4.74 Å². The van der Waals surface area contributed by atoms with Crippen LogP contribution in [0.3, 0.4) is 0 Å². The van der Waals surface area contributed by atoms with E-state index in [1.165, 1.54) is 25.8 Å². The lowest BCUT2D eigenvalue weighted by Crippen LogP contribution is -2.42. The van der Waals surface area contributed by atoms with Crippen molar-refractivity contribution in [3.8, 4) is 0 Å². The van der Waals surface area contributed by atoms with Gasteiger partial charge in [0.1, 0.15) is 0 Å². The van der Waals surface area contributed by atoms with Crippen molar-refractivity contribution >= 4 is 5.97 Å². The summed E-state index contributed by atoms with van der Waals surface area (Å²) in [7, 11) is 0. The number of nitrogens with zero attached hydrogens (tertiary/aromatic N) is 1. The molecule has 0 aliphatic carbocycles. The Labute approximate surface area is 128 Å². The molecule has 0 saturated carbocycles. The molecule has 2 unspecified atom stereocenters. The summed E-state index contributed by atoms with van der Waals surface area (Å²) in [5.41, 5.74) is 0.634. The lowest BCUT2D eigenvalue weighted by Gasteiger charge is -2.37. The number of carbonyl (C=O) groups is 1. The normalized spacial score (nSPS) is 23.0. The van der Waals surface area contributed by atoms with Crippen LogP contribution in [0.25, 0.3) is 0 Å². The monoisotopic (exact) mass is 289 g/mol. The number of carbonyl (C=O) groups excluding carboxylic acids is 1. The Hall–Kier alpha value is -1.35. The van der Waals surface area contributed by atoms with Crippen molar-refractivity contribution in [3.05, 3.63) is 35.9 Å². The summed E-state index contributed by atoms with van der Waals surface area (Å²) in [5.74, 6) is 0.627. The molecule has 0 amide bonds. The minimum Gasteiger partial charge on any atom is -0.462 e. The lowest BCUT2D eigenvalue weighted by molar-refractivity contribution is 0.0462. The molecule has 1 aromatic rings. The van der Waals surface area contributed by atoms with Crippen molar-refractivity contribution in [3.63, 3.8) is 0 Å². The van der Waals surface area contributed by atoms with Crippen molar-refractivity contribution < 1.29 is 9.53 Å². The summed E-state index contributed by atoms with van der Waals surface area (Å²) in [4.78, 5) is 14.4. The summed E-state index contributed by atoms with van der Waals surface area (Å²) in [6.07, 6.45) is 4.84. The predicted molar refractivity (Wildman–Crippen MR) is 85.4 cm³/mol. The second-order valence-corrected chi connectivity index (χ2v) is 6.05. The van der Waals surface area contributed by atoms with E-state index in [9.17, 15) is 4.79 Å². The van der Waals surface area contributed by atoms with Crippen molar-refractivity contribution in [2.24, 2.45) is 5.92 Å². The highest BCUT2D eigenvalue weighted by atomic mass is 16.5. The quantitative estimate of drug-likeness (QED) is 0.590. The van der Waals surface area contributed by atoms with Gasteiger partial charge < -0.3 is 9.64 Å². The highest BCUT2D eigenvalue weighted by Crippen LogP contribution is 2.23. The maximum Gasteiger partial charge on any atom is 0.338 e. The van der Waals surface area contributed by atoms with E-state index in [0.717, 1.165) is 18.9 Å².